The fourth-order valence-electron chi connectivity index (χ4n) is 2.03. The molecule has 1 aromatic carbocycles. The van der Waals surface area contributed by atoms with E-state index in [2.05, 4.69) is 9.88 Å². The summed E-state index contributed by atoms with van der Waals surface area (Å²) in [4.78, 5) is 0. The summed E-state index contributed by atoms with van der Waals surface area (Å²) < 4.78 is 42.9. The van der Waals surface area contributed by atoms with Crippen LogP contribution in [0.3, 0.4) is 0 Å². The van der Waals surface area contributed by atoms with Gasteiger partial charge < -0.3 is 13.7 Å². The van der Waals surface area contributed by atoms with Crippen LogP contribution in [0, 0.1) is 6.92 Å². The average molecular weight is 369 g/mol. The molecule has 0 aliphatic heterocycles. The van der Waals surface area contributed by atoms with Crippen molar-refractivity contribution in [1.29, 1.82) is 0 Å². The van der Waals surface area contributed by atoms with E-state index in [1.807, 2.05) is 0 Å². The Morgan fingerprint density at radius 1 is 1.17 bits per heavy atom. The molecule has 7 nitrogen and oxygen atoms in total. The van der Waals surface area contributed by atoms with E-state index in [-0.39, 0.29) is 16.5 Å². The second-order valence-electron chi connectivity index (χ2n) is 4.90. The van der Waals surface area contributed by atoms with Gasteiger partial charge in [0.05, 0.1) is 18.5 Å². The number of nitrogens with zero attached hydrogens (tertiary/aromatic N) is 1. The Kier molecular flexibility index (Phi) is 4.25. The highest BCUT2D eigenvalue weighted by Gasteiger charge is 2.22. The highest BCUT2D eigenvalue weighted by molar-refractivity contribution is 7.92. The molecule has 0 spiro atoms. The lowest BCUT2D eigenvalue weighted by Gasteiger charge is -2.10. The zero-order chi connectivity index (χ0) is 17.3. The molecule has 0 atom stereocenters. The number of anilines is 1. The van der Waals surface area contributed by atoms with E-state index in [9.17, 15) is 8.42 Å². The number of hydrogen-bond donors (Lipinski definition) is 1. The van der Waals surface area contributed by atoms with Crippen LogP contribution in [0.2, 0.25) is 5.02 Å². The normalized spacial score (nSPS) is 11.5. The fraction of sp³-hybridized carbons (Fsp3) is 0.133. The molecule has 0 unspecified atom stereocenters. The third-order valence-electron chi connectivity index (χ3n) is 3.12. The zero-order valence-corrected chi connectivity index (χ0v) is 14.3. The molecular formula is C15H13ClN2O5S. The predicted molar refractivity (Wildman–Crippen MR) is 87.8 cm³/mol. The molecule has 3 rings (SSSR count). The average Bonchev–Trinajstić information content (AvgIpc) is 3.16. The third kappa shape index (κ3) is 3.24. The van der Waals surface area contributed by atoms with Crippen LogP contribution in [0.4, 0.5) is 5.69 Å². The Hall–Kier alpha value is -2.45. The summed E-state index contributed by atoms with van der Waals surface area (Å²) in [6, 6.07) is 9.06. The lowest BCUT2D eigenvalue weighted by molar-refractivity contribution is 0.398. The number of benzene rings is 1. The van der Waals surface area contributed by atoms with Gasteiger partial charge in [-0.25, -0.2) is 0 Å². The quantitative estimate of drug-likeness (QED) is 0.737. The van der Waals surface area contributed by atoms with Crippen molar-refractivity contribution in [3.63, 3.8) is 0 Å². The fourth-order valence-corrected chi connectivity index (χ4v) is 3.20. The summed E-state index contributed by atoms with van der Waals surface area (Å²) in [5.41, 5.74) is 0.867. The molecule has 0 amide bonds. The minimum Gasteiger partial charge on any atom is -0.495 e. The van der Waals surface area contributed by atoms with Gasteiger partial charge in [-0.1, -0.05) is 16.8 Å². The van der Waals surface area contributed by atoms with Crippen molar-refractivity contribution in [3.8, 4) is 17.3 Å². The maximum absolute atomic E-state index is 12.5. The number of halogens is 1. The first-order valence-corrected chi connectivity index (χ1v) is 8.65. The number of rotatable bonds is 5. The van der Waals surface area contributed by atoms with Crippen LogP contribution >= 0.6 is 11.6 Å². The minimum atomic E-state index is -3.96. The Balaban J connectivity index is 1.92. The van der Waals surface area contributed by atoms with Gasteiger partial charge in [0, 0.05) is 11.1 Å². The van der Waals surface area contributed by atoms with Gasteiger partial charge >= 0.3 is 0 Å². The van der Waals surface area contributed by atoms with Crippen molar-refractivity contribution in [2.24, 2.45) is 0 Å². The topological polar surface area (TPSA) is 94.6 Å². The van der Waals surface area contributed by atoms with Crippen molar-refractivity contribution < 1.29 is 22.1 Å². The van der Waals surface area contributed by atoms with E-state index in [1.165, 1.54) is 25.3 Å². The van der Waals surface area contributed by atoms with Gasteiger partial charge in [0.1, 0.15) is 5.75 Å². The Labute approximate surface area is 143 Å². The summed E-state index contributed by atoms with van der Waals surface area (Å²) in [6.45, 7) is 1.75. The first-order chi connectivity index (χ1) is 11.4. The molecule has 3 aromatic rings. The number of aromatic nitrogens is 1. The number of furan rings is 1. The largest absolute Gasteiger partial charge is 0.495 e. The molecule has 2 aromatic heterocycles. The van der Waals surface area contributed by atoms with Crippen LogP contribution in [0.15, 0.2) is 50.4 Å². The van der Waals surface area contributed by atoms with Crippen LogP contribution in [-0.4, -0.2) is 20.7 Å². The van der Waals surface area contributed by atoms with Gasteiger partial charge in [0.15, 0.2) is 5.76 Å². The highest BCUT2D eigenvalue weighted by atomic mass is 35.5. The van der Waals surface area contributed by atoms with E-state index in [4.69, 9.17) is 25.3 Å². The van der Waals surface area contributed by atoms with Crippen molar-refractivity contribution in [2.75, 3.05) is 11.8 Å². The van der Waals surface area contributed by atoms with Crippen LogP contribution in [-0.2, 0) is 10.0 Å². The molecule has 0 bridgehead atoms. The van der Waals surface area contributed by atoms with Crippen molar-refractivity contribution in [1.82, 2.24) is 5.16 Å². The van der Waals surface area contributed by atoms with Gasteiger partial charge in [-0.15, -0.1) is 0 Å². The molecule has 0 aliphatic carbocycles. The number of methoxy groups -OCH3 is 1. The molecule has 0 aliphatic rings. The smallest absolute Gasteiger partial charge is 0.295 e. The molecule has 0 saturated carbocycles. The summed E-state index contributed by atoms with van der Waals surface area (Å²) in [5.74, 6) is 0.934. The second kappa shape index (κ2) is 6.21. The lowest BCUT2D eigenvalue weighted by Crippen LogP contribution is -2.12. The Morgan fingerprint density at radius 2 is 1.96 bits per heavy atom. The SMILES string of the molecule is COc1ccc(Cl)cc1NS(=O)(=O)c1ccc(-c2cc(C)no2)o1. The summed E-state index contributed by atoms with van der Waals surface area (Å²) in [5, 5.41) is 3.83. The maximum Gasteiger partial charge on any atom is 0.295 e. The predicted octanol–water partition coefficient (Wildman–Crippen LogP) is 3.71. The molecule has 2 heterocycles. The van der Waals surface area contributed by atoms with Crippen LogP contribution < -0.4 is 9.46 Å². The molecule has 0 fully saturated rings. The van der Waals surface area contributed by atoms with Crippen LogP contribution in [0.5, 0.6) is 5.75 Å². The van der Waals surface area contributed by atoms with E-state index in [1.54, 1.807) is 25.1 Å². The number of hydrogen-bond acceptors (Lipinski definition) is 6. The van der Waals surface area contributed by atoms with Crippen molar-refractivity contribution in [3.05, 3.63) is 47.1 Å². The monoisotopic (exact) mass is 368 g/mol. The van der Waals surface area contributed by atoms with E-state index in [0.717, 1.165) is 0 Å². The molecule has 0 radical (unpaired) electrons. The first kappa shape index (κ1) is 16.4. The second-order valence-corrected chi connectivity index (χ2v) is 6.95. The van der Waals surface area contributed by atoms with E-state index >= 15 is 0 Å². The van der Waals surface area contributed by atoms with Crippen LogP contribution in [0.25, 0.3) is 11.5 Å². The van der Waals surface area contributed by atoms with Gasteiger partial charge in [0.2, 0.25) is 10.9 Å². The summed E-state index contributed by atoms with van der Waals surface area (Å²) in [6.07, 6.45) is 0. The number of aryl methyl sites for hydroxylation is 1. The Morgan fingerprint density at radius 3 is 2.62 bits per heavy atom. The minimum absolute atomic E-state index is 0.207. The number of ether oxygens (including phenoxy) is 1. The van der Waals surface area contributed by atoms with Crippen molar-refractivity contribution >= 4 is 27.3 Å². The Bertz CT molecular complexity index is 977. The van der Waals surface area contributed by atoms with Gasteiger partial charge in [-0.05, 0) is 37.3 Å². The molecular weight excluding hydrogens is 356 g/mol. The summed E-state index contributed by atoms with van der Waals surface area (Å²) in [7, 11) is -2.53. The zero-order valence-electron chi connectivity index (χ0n) is 12.7. The summed E-state index contributed by atoms with van der Waals surface area (Å²) >= 11 is 5.90. The standard InChI is InChI=1S/C15H13ClN2O5S/c1-9-7-14(23-17-9)13-5-6-15(22-13)24(19,20)18-11-8-10(16)3-4-12(11)21-2/h3-8,18H,1-2H3. The molecule has 0 saturated heterocycles. The van der Waals surface area contributed by atoms with Gasteiger partial charge in [0.25, 0.3) is 10.0 Å². The molecule has 24 heavy (non-hydrogen) atoms. The van der Waals surface area contributed by atoms with Crippen molar-refractivity contribution in [2.45, 2.75) is 12.0 Å². The van der Waals surface area contributed by atoms with Gasteiger partial charge in [-0.2, -0.15) is 8.42 Å². The van der Waals surface area contributed by atoms with Gasteiger partial charge in [-0.3, -0.25) is 4.72 Å². The number of nitrogens with one attached hydrogen (secondary N) is 1. The van der Waals surface area contributed by atoms with E-state index in [0.29, 0.717) is 22.2 Å². The first-order valence-electron chi connectivity index (χ1n) is 6.79. The number of sulfonamides is 1. The molecule has 1 N–H and O–H groups in total. The molecule has 126 valence electrons. The molecule has 9 heteroatoms. The van der Waals surface area contributed by atoms with Crippen LogP contribution in [0.1, 0.15) is 5.69 Å². The lowest BCUT2D eigenvalue weighted by atomic mass is 10.3. The maximum atomic E-state index is 12.5. The third-order valence-corrected chi connectivity index (χ3v) is 4.60. The van der Waals surface area contributed by atoms with E-state index < -0.39 is 10.0 Å². The highest BCUT2D eigenvalue weighted by Crippen LogP contribution is 2.31.